The molecule has 0 amide bonds. The Morgan fingerprint density at radius 1 is 1.47 bits per heavy atom. The minimum Gasteiger partial charge on any atom is -0.381 e. The number of hydrogen-bond acceptors (Lipinski definition) is 3. The summed E-state index contributed by atoms with van der Waals surface area (Å²) < 4.78 is 6.72. The van der Waals surface area contributed by atoms with E-state index < -0.39 is 0 Å². The number of nitriles is 1. The summed E-state index contributed by atoms with van der Waals surface area (Å²) in [6, 6.07) is 8.23. The first-order valence-corrected chi connectivity index (χ1v) is 7.47. The molecule has 1 fully saturated rings. The number of anilines is 1. The Balaban J connectivity index is 2.03. The first-order chi connectivity index (χ1) is 9.10. The maximum Gasteiger partial charge on any atom is 0.0992 e. The van der Waals surface area contributed by atoms with Crippen molar-refractivity contribution in [2.45, 2.75) is 38.8 Å². The second-order valence-corrected chi connectivity index (χ2v) is 6.18. The van der Waals surface area contributed by atoms with Crippen molar-refractivity contribution in [3.05, 3.63) is 28.2 Å². The summed E-state index contributed by atoms with van der Waals surface area (Å²) >= 11 is 3.51. The van der Waals surface area contributed by atoms with Crippen molar-refractivity contribution in [1.82, 2.24) is 0 Å². The fraction of sp³-hybridized carbons (Fsp3) is 0.533. The Kier molecular flexibility index (Phi) is 4.84. The highest BCUT2D eigenvalue weighted by molar-refractivity contribution is 9.10. The molecule has 102 valence electrons. The summed E-state index contributed by atoms with van der Waals surface area (Å²) in [5, 5.41) is 12.4. The molecule has 2 rings (SSSR count). The Morgan fingerprint density at radius 2 is 2.26 bits per heavy atom. The average Bonchev–Trinajstić information content (AvgIpc) is 2.41. The molecule has 1 heterocycles. The number of nitrogens with zero attached hydrogens (tertiary/aromatic N) is 1. The van der Waals surface area contributed by atoms with Gasteiger partial charge in [-0.2, -0.15) is 5.26 Å². The van der Waals surface area contributed by atoms with E-state index in [1.807, 2.05) is 18.2 Å². The molecule has 3 nitrogen and oxygen atoms in total. The van der Waals surface area contributed by atoms with Crippen LogP contribution in [-0.2, 0) is 4.74 Å². The molecule has 0 bridgehead atoms. The summed E-state index contributed by atoms with van der Waals surface area (Å²) in [4.78, 5) is 0. The van der Waals surface area contributed by atoms with Crippen LogP contribution in [-0.4, -0.2) is 18.8 Å². The summed E-state index contributed by atoms with van der Waals surface area (Å²) in [6.07, 6.45) is 2.39. The van der Waals surface area contributed by atoms with Gasteiger partial charge < -0.3 is 10.1 Å². The van der Waals surface area contributed by atoms with Gasteiger partial charge in [0.05, 0.1) is 17.7 Å². The van der Waals surface area contributed by atoms with Gasteiger partial charge in [0.25, 0.3) is 0 Å². The highest BCUT2D eigenvalue weighted by Crippen LogP contribution is 2.28. The second-order valence-electron chi connectivity index (χ2n) is 5.33. The third kappa shape index (κ3) is 3.71. The van der Waals surface area contributed by atoms with Crippen LogP contribution >= 0.6 is 15.9 Å². The van der Waals surface area contributed by atoms with Gasteiger partial charge in [0.2, 0.25) is 0 Å². The summed E-state index contributed by atoms with van der Waals surface area (Å²) in [5.74, 6) is 0.550. The molecular formula is C15H19BrN2O. The molecule has 1 aliphatic heterocycles. The predicted octanol–water partition coefficient (Wildman–Crippen LogP) is 3.94. The largest absolute Gasteiger partial charge is 0.381 e. The van der Waals surface area contributed by atoms with Gasteiger partial charge in [-0.3, -0.25) is 0 Å². The molecule has 19 heavy (non-hydrogen) atoms. The van der Waals surface area contributed by atoms with E-state index in [1.165, 1.54) is 0 Å². The number of halogens is 1. The monoisotopic (exact) mass is 322 g/mol. The minimum absolute atomic E-state index is 0.336. The van der Waals surface area contributed by atoms with Crippen LogP contribution in [0.4, 0.5) is 5.69 Å². The standard InChI is InChI=1S/C15H19BrN2O/c1-10(2)15-8-12(5-6-19-15)18-14-4-3-11(9-17)7-13(14)16/h3-4,7,10,12,15,18H,5-6,8H2,1-2H3. The van der Waals surface area contributed by atoms with Gasteiger partial charge in [0.15, 0.2) is 0 Å². The molecule has 0 spiro atoms. The van der Waals surface area contributed by atoms with E-state index in [4.69, 9.17) is 10.00 Å². The fourth-order valence-corrected chi connectivity index (χ4v) is 2.84. The summed E-state index contributed by atoms with van der Waals surface area (Å²) in [5.41, 5.74) is 1.72. The molecule has 2 atom stereocenters. The topological polar surface area (TPSA) is 45.0 Å². The van der Waals surface area contributed by atoms with E-state index in [0.717, 1.165) is 29.6 Å². The number of rotatable bonds is 3. The van der Waals surface area contributed by atoms with E-state index in [9.17, 15) is 0 Å². The van der Waals surface area contributed by atoms with Gasteiger partial charge in [-0.05, 0) is 52.9 Å². The van der Waals surface area contributed by atoms with E-state index >= 15 is 0 Å². The van der Waals surface area contributed by atoms with Gasteiger partial charge in [-0.1, -0.05) is 13.8 Å². The molecule has 0 aliphatic carbocycles. The molecule has 1 saturated heterocycles. The zero-order valence-electron chi connectivity index (χ0n) is 11.3. The van der Waals surface area contributed by atoms with Crippen molar-refractivity contribution in [2.24, 2.45) is 5.92 Å². The molecule has 0 radical (unpaired) electrons. The van der Waals surface area contributed by atoms with Crippen molar-refractivity contribution in [1.29, 1.82) is 5.26 Å². The van der Waals surface area contributed by atoms with Crippen LogP contribution in [0.2, 0.25) is 0 Å². The molecule has 0 aromatic heterocycles. The van der Waals surface area contributed by atoms with Crippen molar-refractivity contribution in [2.75, 3.05) is 11.9 Å². The van der Waals surface area contributed by atoms with Crippen LogP contribution in [0.1, 0.15) is 32.3 Å². The first-order valence-electron chi connectivity index (χ1n) is 6.68. The minimum atomic E-state index is 0.336. The van der Waals surface area contributed by atoms with E-state index in [2.05, 4.69) is 41.2 Å². The van der Waals surface area contributed by atoms with Crippen molar-refractivity contribution >= 4 is 21.6 Å². The summed E-state index contributed by atoms with van der Waals surface area (Å²) in [6.45, 7) is 5.21. The Bertz CT molecular complexity index is 482. The number of hydrogen-bond donors (Lipinski definition) is 1. The van der Waals surface area contributed by atoms with Gasteiger partial charge in [0.1, 0.15) is 0 Å². The van der Waals surface area contributed by atoms with Crippen molar-refractivity contribution < 1.29 is 4.74 Å². The van der Waals surface area contributed by atoms with Gasteiger partial charge in [0, 0.05) is 22.8 Å². The number of nitrogens with one attached hydrogen (secondary N) is 1. The SMILES string of the molecule is CC(C)C1CC(Nc2ccc(C#N)cc2Br)CCO1. The zero-order chi connectivity index (χ0) is 13.8. The Labute approximate surface area is 123 Å². The molecule has 1 N–H and O–H groups in total. The van der Waals surface area contributed by atoms with Crippen LogP contribution < -0.4 is 5.32 Å². The maximum absolute atomic E-state index is 8.86. The van der Waals surface area contributed by atoms with Gasteiger partial charge in [-0.15, -0.1) is 0 Å². The highest BCUT2D eigenvalue weighted by atomic mass is 79.9. The third-order valence-corrected chi connectivity index (χ3v) is 4.17. The molecule has 4 heteroatoms. The Hall–Kier alpha value is -1.05. The molecule has 1 aliphatic rings. The average molecular weight is 323 g/mol. The molecule has 0 saturated carbocycles. The number of benzene rings is 1. The van der Waals surface area contributed by atoms with Gasteiger partial charge in [-0.25, -0.2) is 0 Å². The molecule has 1 aromatic carbocycles. The zero-order valence-corrected chi connectivity index (χ0v) is 12.9. The number of ether oxygens (including phenoxy) is 1. The van der Waals surface area contributed by atoms with Crippen LogP contribution in [0.5, 0.6) is 0 Å². The van der Waals surface area contributed by atoms with E-state index in [0.29, 0.717) is 23.6 Å². The highest BCUT2D eigenvalue weighted by Gasteiger charge is 2.25. The maximum atomic E-state index is 8.86. The van der Waals surface area contributed by atoms with Crippen LogP contribution in [0.3, 0.4) is 0 Å². The second kappa shape index (κ2) is 6.40. The Morgan fingerprint density at radius 3 is 2.89 bits per heavy atom. The van der Waals surface area contributed by atoms with E-state index in [-0.39, 0.29) is 0 Å². The smallest absolute Gasteiger partial charge is 0.0992 e. The molecule has 1 aromatic rings. The van der Waals surface area contributed by atoms with Crippen LogP contribution in [0, 0.1) is 17.2 Å². The van der Waals surface area contributed by atoms with Crippen molar-refractivity contribution in [3.8, 4) is 6.07 Å². The lowest BCUT2D eigenvalue weighted by atomic mass is 9.95. The lowest BCUT2D eigenvalue weighted by molar-refractivity contribution is -0.0160. The lowest BCUT2D eigenvalue weighted by Crippen LogP contribution is -2.36. The normalized spacial score (nSPS) is 23.1. The first kappa shape index (κ1) is 14.4. The third-order valence-electron chi connectivity index (χ3n) is 3.52. The van der Waals surface area contributed by atoms with Crippen molar-refractivity contribution in [3.63, 3.8) is 0 Å². The quantitative estimate of drug-likeness (QED) is 0.916. The van der Waals surface area contributed by atoms with Gasteiger partial charge >= 0.3 is 0 Å². The molecule has 2 unspecified atom stereocenters. The fourth-order valence-electron chi connectivity index (χ4n) is 2.35. The predicted molar refractivity (Wildman–Crippen MR) is 80.1 cm³/mol. The van der Waals surface area contributed by atoms with Crippen LogP contribution in [0.15, 0.2) is 22.7 Å². The molecular weight excluding hydrogens is 304 g/mol. The lowest BCUT2D eigenvalue weighted by Gasteiger charge is -2.33. The summed E-state index contributed by atoms with van der Waals surface area (Å²) in [7, 11) is 0. The van der Waals surface area contributed by atoms with Crippen LogP contribution in [0.25, 0.3) is 0 Å². The van der Waals surface area contributed by atoms with E-state index in [1.54, 1.807) is 0 Å².